The molecule has 0 amide bonds. The van der Waals surface area contributed by atoms with E-state index in [0.717, 1.165) is 52.7 Å². The van der Waals surface area contributed by atoms with E-state index in [2.05, 4.69) is 21.3 Å². The number of methoxy groups -OCH3 is 1. The monoisotopic (exact) mass is 431 g/mol. The summed E-state index contributed by atoms with van der Waals surface area (Å²) in [5, 5.41) is 6.76. The van der Waals surface area contributed by atoms with E-state index in [1.165, 1.54) is 0 Å². The van der Waals surface area contributed by atoms with Crippen LogP contribution in [0.3, 0.4) is 0 Å². The number of ether oxygens (including phenoxy) is 1. The topological polar surface area (TPSA) is 38.6 Å². The molecule has 0 spiro atoms. The van der Waals surface area contributed by atoms with E-state index in [-0.39, 0.29) is 0 Å². The second-order valence-electron chi connectivity index (χ2n) is 6.37. The lowest BCUT2D eigenvalue weighted by Gasteiger charge is -2.08. The minimum Gasteiger partial charge on any atom is -0.497 e. The molecule has 0 fully saturated rings. The molecular weight excluding hydrogens is 413 g/mol. The number of thiazole rings is 1. The molecule has 28 heavy (non-hydrogen) atoms. The van der Waals surface area contributed by atoms with Gasteiger partial charge in [-0.2, -0.15) is 0 Å². The van der Waals surface area contributed by atoms with Crippen molar-refractivity contribution in [1.29, 1.82) is 0 Å². The first-order valence-electron chi connectivity index (χ1n) is 8.89. The van der Waals surface area contributed by atoms with Gasteiger partial charge in [-0.15, -0.1) is 11.3 Å². The van der Waals surface area contributed by atoms with Gasteiger partial charge in [0.2, 0.25) is 0 Å². The van der Waals surface area contributed by atoms with Crippen LogP contribution >= 0.6 is 34.5 Å². The van der Waals surface area contributed by atoms with E-state index in [4.69, 9.17) is 32.9 Å². The number of nitrogens with one attached hydrogen (secondary N) is 1. The molecule has 4 aromatic rings. The molecule has 2 heterocycles. The molecule has 144 valence electrons. The lowest BCUT2D eigenvalue weighted by atomic mass is 10.1. The fourth-order valence-corrected chi connectivity index (χ4v) is 4.17. The fourth-order valence-electron chi connectivity index (χ4n) is 3.12. The Morgan fingerprint density at radius 2 is 1.93 bits per heavy atom. The van der Waals surface area contributed by atoms with Crippen LogP contribution in [0.15, 0.2) is 54.0 Å². The predicted molar refractivity (Wildman–Crippen MR) is 117 cm³/mol. The van der Waals surface area contributed by atoms with E-state index in [1.54, 1.807) is 18.4 Å². The summed E-state index contributed by atoms with van der Waals surface area (Å²) in [6.07, 6.45) is 2.94. The van der Waals surface area contributed by atoms with Crippen molar-refractivity contribution in [2.24, 2.45) is 0 Å². The summed E-state index contributed by atoms with van der Waals surface area (Å²) in [5.74, 6) is 0.839. The molecule has 7 heteroatoms. The Labute approximate surface area is 177 Å². The van der Waals surface area contributed by atoms with Crippen LogP contribution in [0, 0.1) is 0 Å². The molecule has 0 saturated carbocycles. The summed E-state index contributed by atoms with van der Waals surface area (Å²) in [6, 6.07) is 13.8. The Kier molecular flexibility index (Phi) is 5.87. The maximum absolute atomic E-state index is 6.10. The van der Waals surface area contributed by atoms with Gasteiger partial charge in [0.15, 0.2) is 4.96 Å². The average molecular weight is 432 g/mol. The largest absolute Gasteiger partial charge is 0.497 e. The van der Waals surface area contributed by atoms with Gasteiger partial charge < -0.3 is 10.1 Å². The minimum absolute atomic E-state index is 0.585. The molecule has 0 atom stereocenters. The molecular formula is C21H19Cl2N3OS. The van der Waals surface area contributed by atoms with Crippen LogP contribution in [-0.4, -0.2) is 23.0 Å². The summed E-state index contributed by atoms with van der Waals surface area (Å²) in [5.41, 5.74) is 4.39. The van der Waals surface area contributed by atoms with Gasteiger partial charge in [-0.3, -0.25) is 4.40 Å². The molecule has 4 nitrogen and oxygen atoms in total. The fraction of sp³-hybridized carbons (Fsp3) is 0.190. The van der Waals surface area contributed by atoms with Crippen molar-refractivity contribution in [1.82, 2.24) is 14.7 Å². The van der Waals surface area contributed by atoms with Gasteiger partial charge in [0.05, 0.1) is 28.5 Å². The number of aromatic nitrogens is 2. The van der Waals surface area contributed by atoms with Crippen molar-refractivity contribution in [3.8, 4) is 17.0 Å². The van der Waals surface area contributed by atoms with Crippen LogP contribution < -0.4 is 10.1 Å². The molecule has 1 N–H and O–H groups in total. The van der Waals surface area contributed by atoms with Gasteiger partial charge in [0, 0.05) is 23.7 Å². The van der Waals surface area contributed by atoms with Gasteiger partial charge in [0.25, 0.3) is 0 Å². The Balaban J connectivity index is 1.49. The summed E-state index contributed by atoms with van der Waals surface area (Å²) in [7, 11) is 1.67. The number of fused-ring (bicyclic) bond motifs is 1. The molecule has 4 rings (SSSR count). The zero-order valence-electron chi connectivity index (χ0n) is 15.3. The van der Waals surface area contributed by atoms with Crippen LogP contribution in [0.5, 0.6) is 5.75 Å². The highest BCUT2D eigenvalue weighted by Gasteiger charge is 2.14. The summed E-state index contributed by atoms with van der Waals surface area (Å²) in [6.45, 7) is 1.55. The van der Waals surface area contributed by atoms with Crippen molar-refractivity contribution in [2.45, 2.75) is 13.0 Å². The van der Waals surface area contributed by atoms with Crippen LogP contribution in [-0.2, 0) is 13.0 Å². The molecule has 0 unspecified atom stereocenters. The van der Waals surface area contributed by atoms with Gasteiger partial charge in [-0.25, -0.2) is 4.98 Å². The lowest BCUT2D eigenvalue weighted by molar-refractivity contribution is 0.415. The summed E-state index contributed by atoms with van der Waals surface area (Å²) < 4.78 is 7.41. The van der Waals surface area contributed by atoms with E-state index < -0.39 is 0 Å². The highest BCUT2D eigenvalue weighted by atomic mass is 35.5. The summed E-state index contributed by atoms with van der Waals surface area (Å²) in [4.78, 5) is 5.82. The van der Waals surface area contributed by atoms with Crippen LogP contribution in [0.25, 0.3) is 16.2 Å². The third kappa shape index (κ3) is 4.03. The molecule has 0 radical (unpaired) electrons. The predicted octanol–water partition coefficient (Wildman–Crippen LogP) is 5.71. The minimum atomic E-state index is 0.585. The highest BCUT2D eigenvalue weighted by Crippen LogP contribution is 2.28. The Morgan fingerprint density at radius 3 is 2.68 bits per heavy atom. The van der Waals surface area contributed by atoms with E-state index in [1.807, 2.05) is 42.5 Å². The zero-order chi connectivity index (χ0) is 19.5. The Bertz CT molecular complexity index is 1090. The van der Waals surface area contributed by atoms with Crippen LogP contribution in [0.2, 0.25) is 10.0 Å². The first-order valence-corrected chi connectivity index (χ1v) is 10.5. The standard InChI is InChI=1S/C21H19Cl2N3OS/c1-27-16-5-3-15(4-6-16)20-19(26-10-11-28-21(26)25-20)13-24-9-8-14-2-7-17(22)18(23)12-14/h2-7,10-12,24H,8-9,13H2,1H3. The number of benzene rings is 2. The number of imidazole rings is 1. The van der Waals surface area contributed by atoms with Crippen LogP contribution in [0.4, 0.5) is 0 Å². The second kappa shape index (κ2) is 8.53. The quantitative estimate of drug-likeness (QED) is 0.380. The number of hydrogen-bond acceptors (Lipinski definition) is 4. The highest BCUT2D eigenvalue weighted by molar-refractivity contribution is 7.15. The number of rotatable bonds is 7. The van der Waals surface area contributed by atoms with E-state index in [9.17, 15) is 0 Å². The lowest BCUT2D eigenvalue weighted by Crippen LogP contribution is -2.18. The maximum atomic E-state index is 6.10. The van der Waals surface area contributed by atoms with Crippen molar-refractivity contribution in [3.63, 3.8) is 0 Å². The third-order valence-electron chi connectivity index (χ3n) is 4.59. The molecule has 0 saturated heterocycles. The second-order valence-corrected chi connectivity index (χ2v) is 8.05. The van der Waals surface area contributed by atoms with E-state index in [0.29, 0.717) is 10.0 Å². The first kappa shape index (κ1) is 19.3. The third-order valence-corrected chi connectivity index (χ3v) is 6.09. The maximum Gasteiger partial charge on any atom is 0.194 e. The smallest absolute Gasteiger partial charge is 0.194 e. The van der Waals surface area contributed by atoms with Crippen LogP contribution in [0.1, 0.15) is 11.3 Å². The number of halogens is 2. The molecule has 0 aliphatic rings. The number of nitrogens with zero attached hydrogens (tertiary/aromatic N) is 2. The number of hydrogen-bond donors (Lipinski definition) is 1. The zero-order valence-corrected chi connectivity index (χ0v) is 17.6. The molecule has 2 aromatic carbocycles. The van der Waals surface area contributed by atoms with Crippen molar-refractivity contribution >= 4 is 39.5 Å². The Morgan fingerprint density at radius 1 is 1.11 bits per heavy atom. The molecule has 0 aliphatic carbocycles. The van der Waals surface area contributed by atoms with Gasteiger partial charge in [-0.05, 0) is 54.9 Å². The molecule has 0 bridgehead atoms. The van der Waals surface area contributed by atoms with Gasteiger partial charge >= 0.3 is 0 Å². The normalized spacial score (nSPS) is 11.2. The summed E-state index contributed by atoms with van der Waals surface area (Å²) >= 11 is 13.7. The van der Waals surface area contributed by atoms with Crippen molar-refractivity contribution < 1.29 is 4.74 Å². The average Bonchev–Trinajstić information content (AvgIpc) is 3.30. The Hall–Kier alpha value is -2.05. The van der Waals surface area contributed by atoms with E-state index >= 15 is 0 Å². The SMILES string of the molecule is COc1ccc(-c2nc3sccn3c2CNCCc2ccc(Cl)c(Cl)c2)cc1. The molecule has 0 aliphatic heterocycles. The van der Waals surface area contributed by atoms with Crippen molar-refractivity contribution in [3.05, 3.63) is 75.3 Å². The van der Waals surface area contributed by atoms with Gasteiger partial charge in [0.1, 0.15) is 5.75 Å². The molecule has 2 aromatic heterocycles. The van der Waals surface area contributed by atoms with Crippen molar-refractivity contribution in [2.75, 3.05) is 13.7 Å². The van der Waals surface area contributed by atoms with Gasteiger partial charge in [-0.1, -0.05) is 29.3 Å². The first-order chi connectivity index (χ1) is 13.7.